The minimum atomic E-state index is -5.85. The summed E-state index contributed by atoms with van der Waals surface area (Å²) in [7, 11) is 0. The molecule has 0 aliphatic rings. The molecule has 232 valence electrons. The number of hydrogen-bond acceptors (Lipinski definition) is 5. The van der Waals surface area contributed by atoms with E-state index in [1.165, 1.54) is 23.5 Å². The summed E-state index contributed by atoms with van der Waals surface area (Å²) < 4.78 is 96.9. The highest BCUT2D eigenvalue weighted by atomic mass is 32.1. The molecule has 0 saturated heterocycles. The molecule has 3 rings (SSSR count). The van der Waals surface area contributed by atoms with Crippen LogP contribution >= 0.6 is 11.3 Å². The predicted octanol–water partition coefficient (Wildman–Crippen LogP) is 9.23. The van der Waals surface area contributed by atoms with Gasteiger partial charge in [0.2, 0.25) is 0 Å². The Balaban J connectivity index is 1.72. The number of ether oxygens (including phenoxy) is 2. The summed E-state index contributed by atoms with van der Waals surface area (Å²) in [5.74, 6) is -18.9. The average molecular weight is 618 g/mol. The zero-order valence-electron chi connectivity index (χ0n) is 24.6. The fourth-order valence-electron chi connectivity index (χ4n) is 4.51. The highest BCUT2D eigenvalue weighted by molar-refractivity contribution is 7.22. The summed E-state index contributed by atoms with van der Waals surface area (Å²) in [6.07, 6.45) is 1.77. The summed E-state index contributed by atoms with van der Waals surface area (Å²) in [4.78, 5) is 17.8. The van der Waals surface area contributed by atoms with E-state index in [2.05, 4.69) is 9.72 Å². The number of halogens is 6. The average Bonchev–Trinajstić information content (AvgIpc) is 3.36. The van der Waals surface area contributed by atoms with Crippen LogP contribution in [0, 0.1) is 17.8 Å². The number of alkyl halides is 6. The second-order valence-electron chi connectivity index (χ2n) is 11.2. The van der Waals surface area contributed by atoms with Gasteiger partial charge in [0.15, 0.2) is 13.2 Å². The maximum Gasteiger partial charge on any atom is 0.378 e. The fraction of sp³-hybridized carbons (Fsp3) is 0.548. The zero-order valence-corrected chi connectivity index (χ0v) is 25.4. The Bertz CT molecular complexity index is 1370. The third-order valence-corrected chi connectivity index (χ3v) is 8.18. The van der Waals surface area contributed by atoms with Crippen LogP contribution in [0.4, 0.5) is 26.3 Å². The van der Waals surface area contributed by atoms with Gasteiger partial charge >= 0.3 is 23.7 Å². The lowest BCUT2D eigenvalue weighted by Gasteiger charge is -2.32. The van der Waals surface area contributed by atoms with Gasteiger partial charge in [0.25, 0.3) is 0 Å². The van der Waals surface area contributed by atoms with Crippen molar-refractivity contribution in [3.63, 3.8) is 0 Å². The van der Waals surface area contributed by atoms with Gasteiger partial charge in [-0.15, -0.1) is 11.3 Å². The van der Waals surface area contributed by atoms with E-state index in [1.807, 2.05) is 32.0 Å². The summed E-state index contributed by atoms with van der Waals surface area (Å²) in [5.41, 5.74) is 2.79. The molecule has 3 aromatic rings. The Morgan fingerprint density at radius 1 is 0.905 bits per heavy atom. The first-order valence-electron chi connectivity index (χ1n) is 14.0. The molecule has 0 aliphatic carbocycles. The van der Waals surface area contributed by atoms with E-state index < -0.39 is 42.9 Å². The Hall–Kier alpha value is -2.82. The van der Waals surface area contributed by atoms with Gasteiger partial charge in [0, 0.05) is 26.5 Å². The van der Waals surface area contributed by atoms with Crippen LogP contribution in [0.5, 0.6) is 5.75 Å². The molecule has 0 saturated carbocycles. The molecule has 1 unspecified atom stereocenters. The van der Waals surface area contributed by atoms with Gasteiger partial charge < -0.3 is 9.47 Å². The normalized spacial score (nSPS) is 13.7. The molecule has 0 aliphatic heterocycles. The molecule has 0 amide bonds. The van der Waals surface area contributed by atoms with Gasteiger partial charge in [-0.25, -0.2) is 0 Å². The first kappa shape index (κ1) is 33.7. The van der Waals surface area contributed by atoms with Crippen molar-refractivity contribution in [1.29, 1.82) is 0 Å². The van der Waals surface area contributed by atoms with Crippen LogP contribution in [0.25, 0.3) is 20.5 Å². The van der Waals surface area contributed by atoms with Gasteiger partial charge in [-0.1, -0.05) is 41.5 Å². The topological polar surface area (TPSA) is 48.4 Å². The number of rotatable bonds is 14. The number of aromatic nitrogens is 1. The number of esters is 1. The van der Waals surface area contributed by atoms with Crippen molar-refractivity contribution in [2.24, 2.45) is 17.8 Å². The second kappa shape index (κ2) is 13.2. The molecule has 11 heteroatoms. The van der Waals surface area contributed by atoms with Crippen molar-refractivity contribution >= 4 is 27.4 Å². The smallest absolute Gasteiger partial charge is 0.378 e. The second-order valence-corrected chi connectivity index (χ2v) is 12.3. The number of pyridine rings is 1. The third-order valence-electron chi connectivity index (χ3n) is 7.05. The van der Waals surface area contributed by atoms with Crippen molar-refractivity contribution in [1.82, 2.24) is 4.98 Å². The number of aryl methyl sites for hydroxylation is 2. The van der Waals surface area contributed by atoms with Crippen molar-refractivity contribution in [3.05, 3.63) is 47.8 Å². The van der Waals surface area contributed by atoms with Crippen LogP contribution in [0.15, 0.2) is 36.4 Å². The number of carbonyl (C=O) groups is 1. The van der Waals surface area contributed by atoms with Crippen molar-refractivity contribution in [2.45, 2.75) is 78.6 Å². The first-order chi connectivity index (χ1) is 19.5. The number of hydrogen-bond donors (Lipinski definition) is 0. The molecule has 0 N–H and O–H groups in total. The van der Waals surface area contributed by atoms with E-state index in [0.717, 1.165) is 33.6 Å². The third kappa shape index (κ3) is 7.38. The highest BCUT2D eigenvalue weighted by Crippen LogP contribution is 2.46. The number of fused-ring (bicyclic) bond motifs is 1. The lowest BCUT2D eigenvalue weighted by molar-refractivity contribution is -0.322. The van der Waals surface area contributed by atoms with E-state index >= 15 is 0 Å². The van der Waals surface area contributed by atoms with E-state index in [4.69, 9.17) is 4.74 Å². The van der Waals surface area contributed by atoms with Gasteiger partial charge in [0.05, 0.1) is 5.92 Å². The van der Waals surface area contributed by atoms with Crippen LogP contribution in [0.1, 0.15) is 59.4 Å². The molecular formula is C31H37F6NO3S. The van der Waals surface area contributed by atoms with E-state index in [1.54, 1.807) is 33.8 Å². The van der Waals surface area contributed by atoms with Gasteiger partial charge in [-0.05, 0) is 72.9 Å². The summed E-state index contributed by atoms with van der Waals surface area (Å²) in [5, 5.41) is 0.770. The predicted molar refractivity (Wildman–Crippen MR) is 153 cm³/mol. The fourth-order valence-corrected chi connectivity index (χ4v) is 5.65. The molecule has 2 aromatic heterocycles. The monoisotopic (exact) mass is 617 g/mol. The summed E-state index contributed by atoms with van der Waals surface area (Å²) in [6.45, 7) is 6.73. The Morgan fingerprint density at radius 3 is 2.17 bits per heavy atom. The molecule has 0 bridgehead atoms. The van der Waals surface area contributed by atoms with E-state index in [-0.39, 0.29) is 24.0 Å². The highest BCUT2D eigenvalue weighted by Gasteiger charge is 2.72. The lowest BCUT2D eigenvalue weighted by atomic mass is 9.88. The van der Waals surface area contributed by atoms with Crippen LogP contribution in [-0.2, 0) is 22.4 Å². The Labute approximate surface area is 246 Å². The number of carbonyl (C=O) groups excluding carboxylic acids is 1. The summed E-state index contributed by atoms with van der Waals surface area (Å²) >= 11 is 1.34. The maximum atomic E-state index is 14.6. The van der Waals surface area contributed by atoms with Gasteiger partial charge in [-0.3, -0.25) is 9.78 Å². The molecule has 1 aromatic carbocycles. The van der Waals surface area contributed by atoms with Crippen LogP contribution < -0.4 is 4.74 Å². The molecule has 1 atom stereocenters. The van der Waals surface area contributed by atoms with E-state index in [9.17, 15) is 31.1 Å². The SMILES string of the molecule is CCc1ccc(-c2cc3ccc(OCC(F)(F)C(F)(F)C(F)(F)COC(=O)C(CC(C)C)C(C)C)cc3s2)c(CC)n1. The van der Waals surface area contributed by atoms with E-state index in [0.29, 0.717) is 11.1 Å². The summed E-state index contributed by atoms with van der Waals surface area (Å²) in [6, 6.07) is 10.1. The van der Waals surface area contributed by atoms with Gasteiger partial charge in [0.1, 0.15) is 5.75 Å². The quantitative estimate of drug-likeness (QED) is 0.134. The van der Waals surface area contributed by atoms with Crippen LogP contribution in [0.2, 0.25) is 0 Å². The van der Waals surface area contributed by atoms with Crippen molar-refractivity contribution in [2.75, 3.05) is 13.2 Å². The molecule has 0 radical (unpaired) electrons. The van der Waals surface area contributed by atoms with Crippen LogP contribution in [0.3, 0.4) is 0 Å². The standard InChI is InChI=1S/C31H37F6NO3S/c1-7-21-10-12-23(25(8-2)38-21)27-14-20-9-11-22(15-26(20)42-27)40-16-29(32,33)31(36,37)30(34,35)17-41-28(39)24(19(5)6)13-18(3)4/h9-12,14-15,18-19,24H,7-8,13,16-17H2,1-6H3. The number of thiophene rings is 1. The molecule has 0 spiro atoms. The largest absolute Gasteiger partial charge is 0.487 e. The Kier molecular flexibility index (Phi) is 10.6. The molecule has 42 heavy (non-hydrogen) atoms. The number of benzene rings is 1. The minimum absolute atomic E-state index is 0.00605. The van der Waals surface area contributed by atoms with Gasteiger partial charge in [-0.2, -0.15) is 26.3 Å². The maximum absolute atomic E-state index is 14.6. The zero-order chi connectivity index (χ0) is 31.5. The molecule has 2 heterocycles. The molecule has 0 fully saturated rings. The first-order valence-corrected chi connectivity index (χ1v) is 14.8. The Morgan fingerprint density at radius 2 is 1.57 bits per heavy atom. The number of nitrogens with zero attached hydrogens (tertiary/aromatic N) is 1. The van der Waals surface area contributed by atoms with Crippen LogP contribution in [-0.4, -0.2) is 41.9 Å². The lowest BCUT2D eigenvalue weighted by Crippen LogP contribution is -2.58. The van der Waals surface area contributed by atoms with Crippen molar-refractivity contribution < 1.29 is 40.6 Å². The molecular weight excluding hydrogens is 580 g/mol. The van der Waals surface area contributed by atoms with Crippen molar-refractivity contribution in [3.8, 4) is 16.2 Å². The minimum Gasteiger partial charge on any atom is -0.487 e. The molecule has 4 nitrogen and oxygen atoms in total.